The lowest BCUT2D eigenvalue weighted by Crippen LogP contribution is -2.38. The molecular formula is C13H15BrFNO2. The summed E-state index contributed by atoms with van der Waals surface area (Å²) in [5, 5.41) is 2.71. The van der Waals surface area contributed by atoms with Crippen LogP contribution in [-0.4, -0.2) is 18.6 Å². The molecule has 98 valence electrons. The normalized spacial score (nSPS) is 19.6. The van der Waals surface area contributed by atoms with Crippen molar-refractivity contribution in [2.24, 2.45) is 0 Å². The number of nitrogens with one attached hydrogen (secondary N) is 1. The first kappa shape index (κ1) is 13.5. The minimum absolute atomic E-state index is 0.158. The maximum Gasteiger partial charge on any atom is 0.249 e. The highest BCUT2D eigenvalue weighted by Gasteiger charge is 2.21. The molecule has 5 heteroatoms. The summed E-state index contributed by atoms with van der Waals surface area (Å²) in [6.45, 7) is 0.813. The van der Waals surface area contributed by atoms with Crippen LogP contribution in [0.25, 0.3) is 0 Å². The summed E-state index contributed by atoms with van der Waals surface area (Å²) < 4.78 is 19.6. The van der Waals surface area contributed by atoms with E-state index < -0.39 is 0 Å². The summed E-state index contributed by atoms with van der Waals surface area (Å²) in [6, 6.07) is 4.67. The maximum absolute atomic E-state index is 13.5. The number of carbonyl (C=O) groups excluding carboxylic acids is 1. The van der Waals surface area contributed by atoms with E-state index in [0.29, 0.717) is 12.2 Å². The van der Waals surface area contributed by atoms with Crippen LogP contribution < -0.4 is 5.32 Å². The molecule has 1 aliphatic heterocycles. The fourth-order valence-corrected chi connectivity index (χ4v) is 2.33. The first-order valence-corrected chi connectivity index (χ1v) is 6.79. The molecule has 0 aliphatic carbocycles. The van der Waals surface area contributed by atoms with E-state index in [1.807, 2.05) is 0 Å². The maximum atomic E-state index is 13.5. The first-order valence-electron chi connectivity index (χ1n) is 6.00. The molecule has 0 radical (unpaired) electrons. The molecule has 1 N–H and O–H groups in total. The number of ether oxygens (including phenoxy) is 1. The van der Waals surface area contributed by atoms with Crippen molar-refractivity contribution in [2.45, 2.75) is 31.9 Å². The molecule has 18 heavy (non-hydrogen) atoms. The third-order valence-corrected chi connectivity index (χ3v) is 3.43. The second-order valence-corrected chi connectivity index (χ2v) is 5.22. The molecule has 0 aromatic heterocycles. The molecule has 1 unspecified atom stereocenters. The molecule has 1 aromatic rings. The predicted molar refractivity (Wildman–Crippen MR) is 69.5 cm³/mol. The van der Waals surface area contributed by atoms with Crippen LogP contribution in [0.4, 0.5) is 4.39 Å². The monoisotopic (exact) mass is 315 g/mol. The van der Waals surface area contributed by atoms with E-state index in [1.165, 1.54) is 6.07 Å². The van der Waals surface area contributed by atoms with Crippen LogP contribution in [0.5, 0.6) is 0 Å². The van der Waals surface area contributed by atoms with E-state index in [1.54, 1.807) is 12.1 Å². The van der Waals surface area contributed by atoms with Gasteiger partial charge in [0.05, 0.1) is 0 Å². The fraction of sp³-hybridized carbons (Fsp3) is 0.462. The SMILES string of the molecule is O=C(NCc1cc(Br)ccc1F)C1CCCCO1. The average Bonchev–Trinajstić information content (AvgIpc) is 2.40. The van der Waals surface area contributed by atoms with E-state index >= 15 is 0 Å². The third kappa shape index (κ3) is 3.53. The number of amides is 1. The van der Waals surface area contributed by atoms with Crippen molar-refractivity contribution in [1.29, 1.82) is 0 Å². The quantitative estimate of drug-likeness (QED) is 0.931. The molecule has 1 aliphatic rings. The van der Waals surface area contributed by atoms with Gasteiger partial charge in [-0.3, -0.25) is 4.79 Å². The molecule has 3 nitrogen and oxygen atoms in total. The van der Waals surface area contributed by atoms with Crippen molar-refractivity contribution >= 4 is 21.8 Å². The highest BCUT2D eigenvalue weighted by atomic mass is 79.9. The van der Waals surface area contributed by atoms with Gasteiger partial charge in [0.2, 0.25) is 5.91 Å². The van der Waals surface area contributed by atoms with E-state index in [9.17, 15) is 9.18 Å². The van der Waals surface area contributed by atoms with Crippen LogP contribution in [-0.2, 0) is 16.1 Å². The van der Waals surface area contributed by atoms with E-state index in [-0.39, 0.29) is 24.4 Å². The minimum Gasteiger partial charge on any atom is -0.368 e. The lowest BCUT2D eigenvalue weighted by molar-refractivity contribution is -0.135. The highest BCUT2D eigenvalue weighted by Crippen LogP contribution is 2.16. The van der Waals surface area contributed by atoms with Crippen molar-refractivity contribution in [1.82, 2.24) is 5.32 Å². The van der Waals surface area contributed by atoms with Gasteiger partial charge in [-0.15, -0.1) is 0 Å². The first-order chi connectivity index (χ1) is 8.66. The highest BCUT2D eigenvalue weighted by molar-refractivity contribution is 9.10. The second-order valence-electron chi connectivity index (χ2n) is 4.31. The Labute approximate surface area is 114 Å². The largest absolute Gasteiger partial charge is 0.368 e. The minimum atomic E-state index is -0.381. The number of hydrogen-bond donors (Lipinski definition) is 1. The predicted octanol–water partition coefficient (Wildman–Crippen LogP) is 2.77. The summed E-state index contributed by atoms with van der Waals surface area (Å²) in [5.74, 6) is -0.475. The van der Waals surface area contributed by atoms with E-state index in [4.69, 9.17) is 4.74 Å². The lowest BCUT2D eigenvalue weighted by Gasteiger charge is -2.21. The molecule has 0 spiro atoms. The van der Waals surface area contributed by atoms with Gasteiger partial charge in [0.25, 0.3) is 0 Å². The Morgan fingerprint density at radius 1 is 1.50 bits per heavy atom. The molecule has 0 saturated carbocycles. The smallest absolute Gasteiger partial charge is 0.249 e. The zero-order valence-corrected chi connectivity index (χ0v) is 11.5. The number of rotatable bonds is 3. The van der Waals surface area contributed by atoms with Crippen molar-refractivity contribution in [3.8, 4) is 0 Å². The van der Waals surface area contributed by atoms with Gasteiger partial charge in [-0.25, -0.2) is 4.39 Å². The second kappa shape index (κ2) is 6.29. The Kier molecular flexibility index (Phi) is 4.72. The van der Waals surface area contributed by atoms with Gasteiger partial charge in [-0.1, -0.05) is 15.9 Å². The van der Waals surface area contributed by atoms with Gasteiger partial charge in [0, 0.05) is 23.2 Å². The standard InChI is InChI=1S/C13H15BrFNO2/c14-10-4-5-11(15)9(7-10)8-16-13(17)12-3-1-2-6-18-12/h4-5,7,12H,1-3,6,8H2,(H,16,17). The van der Waals surface area contributed by atoms with Crippen molar-refractivity contribution < 1.29 is 13.9 Å². The molecule has 1 atom stereocenters. The van der Waals surface area contributed by atoms with Crippen LogP contribution in [0.1, 0.15) is 24.8 Å². The zero-order valence-electron chi connectivity index (χ0n) is 9.92. The van der Waals surface area contributed by atoms with E-state index in [2.05, 4.69) is 21.2 Å². The van der Waals surface area contributed by atoms with Crippen molar-refractivity contribution in [3.05, 3.63) is 34.1 Å². The fourth-order valence-electron chi connectivity index (χ4n) is 1.92. The Hall–Kier alpha value is -0.940. The van der Waals surface area contributed by atoms with Crippen molar-refractivity contribution in [2.75, 3.05) is 6.61 Å². The summed E-state index contributed by atoms with van der Waals surface area (Å²) in [5.41, 5.74) is 0.466. The van der Waals surface area contributed by atoms with Crippen LogP contribution in [0, 0.1) is 5.82 Å². The number of benzene rings is 1. The summed E-state index contributed by atoms with van der Waals surface area (Å²) in [4.78, 5) is 11.8. The molecule has 1 saturated heterocycles. The number of hydrogen-bond acceptors (Lipinski definition) is 2. The molecule has 0 bridgehead atoms. The zero-order chi connectivity index (χ0) is 13.0. The summed E-state index contributed by atoms with van der Waals surface area (Å²) in [6.07, 6.45) is 2.37. The molecule has 2 rings (SSSR count). The Bertz CT molecular complexity index is 433. The van der Waals surface area contributed by atoms with Crippen LogP contribution in [0.3, 0.4) is 0 Å². The Morgan fingerprint density at radius 2 is 2.33 bits per heavy atom. The Balaban J connectivity index is 1.90. The summed E-state index contributed by atoms with van der Waals surface area (Å²) in [7, 11) is 0. The van der Waals surface area contributed by atoms with Gasteiger partial charge < -0.3 is 10.1 Å². The summed E-state index contributed by atoms with van der Waals surface area (Å²) >= 11 is 3.28. The molecular weight excluding hydrogens is 301 g/mol. The van der Waals surface area contributed by atoms with Gasteiger partial charge in [0.15, 0.2) is 0 Å². The number of halogens is 2. The topological polar surface area (TPSA) is 38.3 Å². The molecule has 1 amide bonds. The third-order valence-electron chi connectivity index (χ3n) is 2.93. The van der Waals surface area contributed by atoms with Gasteiger partial charge in [0.1, 0.15) is 11.9 Å². The average molecular weight is 316 g/mol. The molecule has 1 aromatic carbocycles. The van der Waals surface area contributed by atoms with Crippen LogP contribution >= 0.6 is 15.9 Å². The van der Waals surface area contributed by atoms with Gasteiger partial charge in [-0.05, 0) is 37.5 Å². The number of carbonyl (C=O) groups is 1. The van der Waals surface area contributed by atoms with Crippen LogP contribution in [0.15, 0.2) is 22.7 Å². The van der Waals surface area contributed by atoms with Crippen LogP contribution in [0.2, 0.25) is 0 Å². The molecule has 1 fully saturated rings. The Morgan fingerprint density at radius 3 is 3.06 bits per heavy atom. The molecule has 1 heterocycles. The van der Waals surface area contributed by atoms with E-state index in [0.717, 1.165) is 23.7 Å². The van der Waals surface area contributed by atoms with Crippen molar-refractivity contribution in [3.63, 3.8) is 0 Å². The van der Waals surface area contributed by atoms with Gasteiger partial charge in [-0.2, -0.15) is 0 Å². The lowest BCUT2D eigenvalue weighted by atomic mass is 10.1. The van der Waals surface area contributed by atoms with Gasteiger partial charge >= 0.3 is 0 Å².